The Hall–Kier alpha value is -2.53. The smallest absolute Gasteiger partial charge is 0.227 e. The SMILES string of the molecule is CC[C@@H](C)NC(=O)[C@H]1CC(=O)N(c2ccc(OCc3ccccc3Cl)cc2)C1. The van der Waals surface area contributed by atoms with Gasteiger partial charge in [0.15, 0.2) is 0 Å². The second-order valence-electron chi connectivity index (χ2n) is 7.10. The number of nitrogens with zero attached hydrogens (tertiary/aromatic N) is 1. The van der Waals surface area contributed by atoms with Gasteiger partial charge in [-0.1, -0.05) is 36.7 Å². The lowest BCUT2D eigenvalue weighted by atomic mass is 10.1. The highest BCUT2D eigenvalue weighted by atomic mass is 35.5. The van der Waals surface area contributed by atoms with E-state index in [9.17, 15) is 9.59 Å². The summed E-state index contributed by atoms with van der Waals surface area (Å²) in [6.45, 7) is 4.76. The minimum absolute atomic E-state index is 0.0333. The van der Waals surface area contributed by atoms with E-state index in [-0.39, 0.29) is 30.2 Å². The topological polar surface area (TPSA) is 58.6 Å². The quantitative estimate of drug-likeness (QED) is 0.758. The number of rotatable bonds is 7. The van der Waals surface area contributed by atoms with Gasteiger partial charge in [0, 0.05) is 35.3 Å². The van der Waals surface area contributed by atoms with Crippen molar-refractivity contribution in [2.24, 2.45) is 5.92 Å². The van der Waals surface area contributed by atoms with Crippen molar-refractivity contribution in [1.29, 1.82) is 0 Å². The maximum atomic E-state index is 12.4. The van der Waals surface area contributed by atoms with E-state index in [1.807, 2.05) is 62.4 Å². The van der Waals surface area contributed by atoms with Gasteiger partial charge >= 0.3 is 0 Å². The van der Waals surface area contributed by atoms with Gasteiger partial charge in [-0.2, -0.15) is 0 Å². The lowest BCUT2D eigenvalue weighted by Crippen LogP contribution is -2.38. The van der Waals surface area contributed by atoms with Gasteiger partial charge in [-0.15, -0.1) is 0 Å². The molecule has 1 N–H and O–H groups in total. The molecule has 0 unspecified atom stereocenters. The summed E-state index contributed by atoms with van der Waals surface area (Å²) in [6, 6.07) is 15.0. The molecule has 2 aromatic rings. The Morgan fingerprint density at radius 3 is 2.64 bits per heavy atom. The van der Waals surface area contributed by atoms with Gasteiger partial charge in [-0.05, 0) is 43.7 Å². The molecule has 0 aliphatic carbocycles. The summed E-state index contributed by atoms with van der Waals surface area (Å²) >= 11 is 6.14. The number of hydrogen-bond donors (Lipinski definition) is 1. The number of anilines is 1. The number of carbonyl (C=O) groups excluding carboxylic acids is 2. The predicted octanol–water partition coefficient (Wildman–Crippen LogP) is 4.19. The number of amides is 2. The monoisotopic (exact) mass is 400 g/mol. The lowest BCUT2D eigenvalue weighted by Gasteiger charge is -2.18. The molecule has 0 radical (unpaired) electrons. The molecule has 0 saturated carbocycles. The van der Waals surface area contributed by atoms with Gasteiger partial charge in [0.1, 0.15) is 12.4 Å². The molecule has 6 heteroatoms. The first-order valence-electron chi connectivity index (χ1n) is 9.55. The zero-order valence-electron chi connectivity index (χ0n) is 16.2. The Bertz CT molecular complexity index is 838. The summed E-state index contributed by atoms with van der Waals surface area (Å²) < 4.78 is 5.78. The van der Waals surface area contributed by atoms with Crippen molar-refractivity contribution in [1.82, 2.24) is 5.32 Å². The number of nitrogens with one attached hydrogen (secondary N) is 1. The van der Waals surface area contributed by atoms with Crippen molar-refractivity contribution >= 4 is 29.1 Å². The fourth-order valence-corrected chi connectivity index (χ4v) is 3.28. The van der Waals surface area contributed by atoms with Crippen molar-refractivity contribution in [3.63, 3.8) is 0 Å². The summed E-state index contributed by atoms with van der Waals surface area (Å²) in [4.78, 5) is 26.4. The van der Waals surface area contributed by atoms with Crippen molar-refractivity contribution in [2.45, 2.75) is 39.3 Å². The van der Waals surface area contributed by atoms with Gasteiger partial charge in [-0.25, -0.2) is 0 Å². The summed E-state index contributed by atoms with van der Waals surface area (Å²) in [7, 11) is 0. The fourth-order valence-electron chi connectivity index (χ4n) is 3.09. The number of benzene rings is 2. The average Bonchev–Trinajstić information content (AvgIpc) is 3.09. The van der Waals surface area contributed by atoms with Crippen LogP contribution in [0, 0.1) is 5.92 Å². The van der Waals surface area contributed by atoms with Gasteiger partial charge < -0.3 is 15.0 Å². The van der Waals surface area contributed by atoms with Gasteiger partial charge in [0.2, 0.25) is 11.8 Å². The van der Waals surface area contributed by atoms with Gasteiger partial charge in [-0.3, -0.25) is 9.59 Å². The van der Waals surface area contributed by atoms with Crippen LogP contribution < -0.4 is 15.0 Å². The molecule has 148 valence electrons. The Kier molecular flexibility index (Phi) is 6.57. The first kappa shape index (κ1) is 20.2. The molecular weight excluding hydrogens is 376 g/mol. The van der Waals surface area contributed by atoms with E-state index in [1.54, 1.807) is 4.90 Å². The molecule has 3 rings (SSSR count). The number of carbonyl (C=O) groups is 2. The zero-order chi connectivity index (χ0) is 20.1. The molecule has 2 aromatic carbocycles. The highest BCUT2D eigenvalue weighted by Gasteiger charge is 2.35. The van der Waals surface area contributed by atoms with Gasteiger partial charge in [0.05, 0.1) is 5.92 Å². The number of hydrogen-bond acceptors (Lipinski definition) is 3. The van der Waals surface area contributed by atoms with Crippen molar-refractivity contribution < 1.29 is 14.3 Å². The van der Waals surface area contributed by atoms with E-state index in [0.717, 1.165) is 17.7 Å². The minimum Gasteiger partial charge on any atom is -0.489 e. The predicted molar refractivity (Wildman–Crippen MR) is 111 cm³/mol. The molecule has 5 nitrogen and oxygen atoms in total. The highest BCUT2D eigenvalue weighted by Crippen LogP contribution is 2.27. The third kappa shape index (κ3) is 4.84. The molecule has 0 spiro atoms. The van der Waals surface area contributed by atoms with Crippen molar-refractivity contribution in [3.05, 3.63) is 59.1 Å². The molecule has 28 heavy (non-hydrogen) atoms. The first-order chi connectivity index (χ1) is 13.5. The summed E-state index contributed by atoms with van der Waals surface area (Å²) in [6.07, 6.45) is 1.11. The van der Waals surface area contributed by atoms with Crippen molar-refractivity contribution in [3.8, 4) is 5.75 Å². The summed E-state index contributed by atoms with van der Waals surface area (Å²) in [5.41, 5.74) is 1.69. The molecule has 1 saturated heterocycles. The fraction of sp³-hybridized carbons (Fsp3) is 0.364. The lowest BCUT2D eigenvalue weighted by molar-refractivity contribution is -0.126. The molecule has 1 aliphatic heterocycles. The van der Waals surface area contributed by atoms with Crippen LogP contribution in [0.1, 0.15) is 32.3 Å². The van der Waals surface area contributed by atoms with Crippen LogP contribution >= 0.6 is 11.6 Å². The van der Waals surface area contributed by atoms with Crippen molar-refractivity contribution in [2.75, 3.05) is 11.4 Å². The summed E-state index contributed by atoms with van der Waals surface area (Å²) in [5.74, 6) is 0.304. The molecule has 1 heterocycles. The molecule has 1 fully saturated rings. The van der Waals surface area contributed by atoms with Crippen LogP contribution in [0.15, 0.2) is 48.5 Å². The second-order valence-corrected chi connectivity index (χ2v) is 7.50. The third-order valence-corrected chi connectivity index (χ3v) is 5.37. The summed E-state index contributed by atoms with van der Waals surface area (Å²) in [5, 5.41) is 3.63. The van der Waals surface area contributed by atoms with Crippen LogP contribution in [0.3, 0.4) is 0 Å². The first-order valence-corrected chi connectivity index (χ1v) is 9.92. The van der Waals surface area contributed by atoms with E-state index < -0.39 is 0 Å². The Labute approximate surface area is 170 Å². The highest BCUT2D eigenvalue weighted by molar-refractivity contribution is 6.31. The van der Waals surface area contributed by atoms with E-state index in [4.69, 9.17) is 16.3 Å². The Balaban J connectivity index is 1.59. The van der Waals surface area contributed by atoms with Crippen LogP contribution in [0.25, 0.3) is 0 Å². The van der Waals surface area contributed by atoms with Crippen LogP contribution in [0.4, 0.5) is 5.69 Å². The molecule has 1 aliphatic rings. The number of halogens is 1. The largest absolute Gasteiger partial charge is 0.489 e. The molecule has 2 atom stereocenters. The molecule has 2 amide bonds. The van der Waals surface area contributed by atoms with E-state index in [0.29, 0.717) is 23.9 Å². The minimum atomic E-state index is -0.308. The van der Waals surface area contributed by atoms with Crippen LogP contribution in [-0.2, 0) is 16.2 Å². The zero-order valence-corrected chi connectivity index (χ0v) is 16.9. The average molecular weight is 401 g/mol. The van der Waals surface area contributed by atoms with E-state index >= 15 is 0 Å². The van der Waals surface area contributed by atoms with Crippen LogP contribution in [-0.4, -0.2) is 24.4 Å². The van der Waals surface area contributed by atoms with Crippen LogP contribution in [0.5, 0.6) is 5.75 Å². The Morgan fingerprint density at radius 1 is 1.25 bits per heavy atom. The molecule has 0 bridgehead atoms. The molecular formula is C22H25ClN2O3. The normalized spacial score (nSPS) is 17.5. The third-order valence-electron chi connectivity index (χ3n) is 5.00. The standard InChI is InChI=1S/C22H25ClN2O3/c1-3-15(2)24-22(27)17-12-21(26)25(13-17)18-8-10-19(11-9-18)28-14-16-6-4-5-7-20(16)23/h4-11,15,17H,3,12-14H2,1-2H3,(H,24,27)/t15-,17+/m1/s1. The molecule has 0 aromatic heterocycles. The Morgan fingerprint density at radius 2 is 1.96 bits per heavy atom. The van der Waals surface area contributed by atoms with Gasteiger partial charge in [0.25, 0.3) is 0 Å². The van der Waals surface area contributed by atoms with E-state index in [1.165, 1.54) is 0 Å². The second kappa shape index (κ2) is 9.11. The maximum Gasteiger partial charge on any atom is 0.227 e. The maximum absolute atomic E-state index is 12.4. The van der Waals surface area contributed by atoms with E-state index in [2.05, 4.69) is 5.32 Å². The number of ether oxygens (including phenoxy) is 1. The van der Waals surface area contributed by atoms with Crippen LogP contribution in [0.2, 0.25) is 5.02 Å².